The van der Waals surface area contributed by atoms with Crippen molar-refractivity contribution in [3.05, 3.63) is 72.6 Å². The van der Waals surface area contributed by atoms with Gasteiger partial charge < -0.3 is 10.6 Å². The molecule has 3 rings (SSSR count). The van der Waals surface area contributed by atoms with Crippen LogP contribution >= 0.6 is 0 Å². The first kappa shape index (κ1) is 17.4. The van der Waals surface area contributed by atoms with Gasteiger partial charge in [0.1, 0.15) is 0 Å². The third-order valence-electron chi connectivity index (χ3n) is 3.78. The Morgan fingerprint density at radius 2 is 1.77 bits per heavy atom. The molecular formula is C20H20N4O2. The number of aromatic nitrogens is 2. The van der Waals surface area contributed by atoms with E-state index in [2.05, 4.69) is 15.7 Å². The van der Waals surface area contributed by atoms with Gasteiger partial charge >= 0.3 is 0 Å². The Balaban J connectivity index is 1.78. The van der Waals surface area contributed by atoms with Gasteiger partial charge in [0.05, 0.1) is 11.3 Å². The summed E-state index contributed by atoms with van der Waals surface area (Å²) in [6, 6.07) is 16.2. The first-order valence-corrected chi connectivity index (χ1v) is 8.47. The van der Waals surface area contributed by atoms with E-state index in [-0.39, 0.29) is 11.8 Å². The number of anilines is 2. The summed E-state index contributed by atoms with van der Waals surface area (Å²) in [7, 11) is 0. The molecule has 0 saturated heterocycles. The molecular weight excluding hydrogens is 328 g/mol. The third-order valence-corrected chi connectivity index (χ3v) is 3.78. The number of benzene rings is 2. The van der Waals surface area contributed by atoms with E-state index in [4.69, 9.17) is 0 Å². The minimum absolute atomic E-state index is 0.0417. The molecule has 6 heteroatoms. The molecule has 2 amide bonds. The van der Waals surface area contributed by atoms with Crippen LogP contribution in [0.15, 0.2) is 67.0 Å². The highest BCUT2D eigenvalue weighted by atomic mass is 16.2. The highest BCUT2D eigenvalue weighted by Gasteiger charge is 2.13. The zero-order valence-electron chi connectivity index (χ0n) is 14.5. The Kier molecular flexibility index (Phi) is 5.43. The molecule has 0 saturated carbocycles. The van der Waals surface area contributed by atoms with E-state index < -0.39 is 0 Å². The largest absolute Gasteiger partial charge is 0.326 e. The van der Waals surface area contributed by atoms with Crippen molar-refractivity contribution in [2.24, 2.45) is 0 Å². The highest BCUT2D eigenvalue weighted by molar-refractivity contribution is 6.07. The van der Waals surface area contributed by atoms with Crippen molar-refractivity contribution in [2.45, 2.75) is 19.8 Å². The van der Waals surface area contributed by atoms with Crippen molar-refractivity contribution >= 4 is 23.2 Å². The number of amides is 2. The number of para-hydroxylation sites is 1. The van der Waals surface area contributed by atoms with Crippen LogP contribution in [0.1, 0.15) is 30.1 Å². The van der Waals surface area contributed by atoms with Crippen LogP contribution in [0.25, 0.3) is 5.69 Å². The predicted molar refractivity (Wildman–Crippen MR) is 101 cm³/mol. The first-order chi connectivity index (χ1) is 12.7. The van der Waals surface area contributed by atoms with Crippen LogP contribution in [0, 0.1) is 0 Å². The fraction of sp³-hybridized carbons (Fsp3) is 0.150. The lowest BCUT2D eigenvalue weighted by Gasteiger charge is -2.11. The molecule has 0 aliphatic carbocycles. The van der Waals surface area contributed by atoms with Gasteiger partial charge in [-0.15, -0.1) is 0 Å². The van der Waals surface area contributed by atoms with Crippen LogP contribution in [-0.4, -0.2) is 21.6 Å². The van der Waals surface area contributed by atoms with Gasteiger partial charge in [-0.25, -0.2) is 4.68 Å². The van der Waals surface area contributed by atoms with E-state index in [1.807, 2.05) is 25.1 Å². The van der Waals surface area contributed by atoms with Crippen LogP contribution in [-0.2, 0) is 4.79 Å². The average molecular weight is 348 g/mol. The number of rotatable bonds is 6. The molecule has 0 spiro atoms. The van der Waals surface area contributed by atoms with Gasteiger partial charge in [-0.1, -0.05) is 25.1 Å². The van der Waals surface area contributed by atoms with Gasteiger partial charge in [0.2, 0.25) is 5.91 Å². The van der Waals surface area contributed by atoms with Crippen LogP contribution < -0.4 is 10.6 Å². The molecule has 0 atom stereocenters. The number of nitrogens with zero attached hydrogens (tertiary/aromatic N) is 2. The molecule has 0 aliphatic rings. The second kappa shape index (κ2) is 8.11. The van der Waals surface area contributed by atoms with Crippen LogP contribution in [0.3, 0.4) is 0 Å². The van der Waals surface area contributed by atoms with E-state index in [1.165, 1.54) is 0 Å². The smallest absolute Gasteiger partial charge is 0.257 e. The monoisotopic (exact) mass is 348 g/mol. The maximum atomic E-state index is 12.7. The van der Waals surface area contributed by atoms with E-state index in [1.54, 1.807) is 53.5 Å². The first-order valence-electron chi connectivity index (χ1n) is 8.47. The minimum Gasteiger partial charge on any atom is -0.326 e. The van der Waals surface area contributed by atoms with Crippen molar-refractivity contribution in [1.29, 1.82) is 0 Å². The van der Waals surface area contributed by atoms with E-state index in [0.717, 1.165) is 6.42 Å². The summed E-state index contributed by atoms with van der Waals surface area (Å²) in [5.41, 5.74) is 2.47. The quantitative estimate of drug-likeness (QED) is 0.710. The summed E-state index contributed by atoms with van der Waals surface area (Å²) in [4.78, 5) is 24.5. The van der Waals surface area contributed by atoms with Gasteiger partial charge in [0.15, 0.2) is 0 Å². The number of nitrogens with one attached hydrogen (secondary N) is 2. The molecule has 0 bridgehead atoms. The fourth-order valence-electron chi connectivity index (χ4n) is 2.60. The molecule has 1 aromatic heterocycles. The SMILES string of the molecule is CCCC(=O)Nc1cccc(NC(=O)c2ccccc2-n2cccn2)c1. The average Bonchev–Trinajstić information content (AvgIpc) is 3.16. The molecule has 26 heavy (non-hydrogen) atoms. The number of carbonyl (C=O) groups is 2. The van der Waals surface area contributed by atoms with Crippen molar-refractivity contribution in [3.8, 4) is 5.69 Å². The highest BCUT2D eigenvalue weighted by Crippen LogP contribution is 2.19. The lowest BCUT2D eigenvalue weighted by Crippen LogP contribution is -2.16. The summed E-state index contributed by atoms with van der Waals surface area (Å²) in [5.74, 6) is -0.284. The molecule has 0 fully saturated rings. The predicted octanol–water partition coefficient (Wildman–Crippen LogP) is 3.86. The molecule has 2 N–H and O–H groups in total. The van der Waals surface area contributed by atoms with Crippen molar-refractivity contribution in [3.63, 3.8) is 0 Å². The Labute approximate surface area is 151 Å². The zero-order chi connectivity index (χ0) is 18.4. The zero-order valence-corrected chi connectivity index (χ0v) is 14.5. The van der Waals surface area contributed by atoms with E-state index in [0.29, 0.717) is 29.0 Å². The normalized spacial score (nSPS) is 10.3. The fourth-order valence-corrected chi connectivity index (χ4v) is 2.60. The van der Waals surface area contributed by atoms with Gasteiger partial charge in [-0.3, -0.25) is 9.59 Å². The van der Waals surface area contributed by atoms with Crippen LogP contribution in [0.2, 0.25) is 0 Å². The van der Waals surface area contributed by atoms with Crippen LogP contribution in [0.5, 0.6) is 0 Å². The number of hydrogen-bond acceptors (Lipinski definition) is 3. The summed E-state index contributed by atoms with van der Waals surface area (Å²) in [6.07, 6.45) is 4.70. The van der Waals surface area contributed by atoms with Crippen LogP contribution in [0.4, 0.5) is 11.4 Å². The second-order valence-electron chi connectivity index (χ2n) is 5.80. The topological polar surface area (TPSA) is 76.0 Å². The molecule has 1 heterocycles. The van der Waals surface area contributed by atoms with Gasteiger partial charge in [0.25, 0.3) is 5.91 Å². The lowest BCUT2D eigenvalue weighted by atomic mass is 10.1. The molecule has 6 nitrogen and oxygen atoms in total. The van der Waals surface area contributed by atoms with Crippen molar-refractivity contribution in [1.82, 2.24) is 9.78 Å². The van der Waals surface area contributed by atoms with E-state index >= 15 is 0 Å². The van der Waals surface area contributed by atoms with Gasteiger partial charge in [-0.05, 0) is 42.8 Å². The summed E-state index contributed by atoms with van der Waals surface area (Å²) < 4.78 is 1.65. The van der Waals surface area contributed by atoms with Crippen molar-refractivity contribution < 1.29 is 9.59 Å². The number of hydrogen-bond donors (Lipinski definition) is 2. The summed E-state index contributed by atoms with van der Waals surface area (Å²) in [5, 5.41) is 9.89. The van der Waals surface area contributed by atoms with Crippen molar-refractivity contribution in [2.75, 3.05) is 10.6 Å². The van der Waals surface area contributed by atoms with Gasteiger partial charge in [-0.2, -0.15) is 5.10 Å². The minimum atomic E-state index is -0.242. The lowest BCUT2D eigenvalue weighted by molar-refractivity contribution is -0.116. The Hall–Kier alpha value is -3.41. The molecule has 0 radical (unpaired) electrons. The maximum Gasteiger partial charge on any atom is 0.257 e. The molecule has 2 aromatic carbocycles. The molecule has 132 valence electrons. The Morgan fingerprint density at radius 1 is 1.00 bits per heavy atom. The standard InChI is InChI=1S/C20H20N4O2/c1-2-7-19(25)22-15-8-5-9-16(14-15)23-20(26)17-10-3-4-11-18(17)24-13-6-12-21-24/h3-6,8-14H,2,7H2,1H3,(H,22,25)(H,23,26). The molecule has 0 aliphatic heterocycles. The molecule has 0 unspecified atom stereocenters. The van der Waals surface area contributed by atoms with Gasteiger partial charge in [0, 0.05) is 30.2 Å². The van der Waals surface area contributed by atoms with E-state index in [9.17, 15) is 9.59 Å². The summed E-state index contributed by atoms with van der Waals surface area (Å²) in [6.45, 7) is 1.95. The Bertz CT molecular complexity index is 904. The summed E-state index contributed by atoms with van der Waals surface area (Å²) >= 11 is 0. The third kappa shape index (κ3) is 4.16. The Morgan fingerprint density at radius 3 is 2.50 bits per heavy atom. The maximum absolute atomic E-state index is 12.7. The second-order valence-corrected chi connectivity index (χ2v) is 5.80. The number of carbonyl (C=O) groups excluding carboxylic acids is 2. The molecule has 3 aromatic rings.